The molecule has 0 atom stereocenters. The standard InChI is InChI=1S/C14H10BrClO2S/c15-10-6-13-12(17-8-18-13)5-9(10)7-19-14-4-2-1-3-11(14)16/h1-6H,7-8H2. The number of ether oxygens (including phenoxy) is 2. The van der Waals surface area contributed by atoms with Crippen molar-refractivity contribution in [2.24, 2.45) is 0 Å². The SMILES string of the molecule is Clc1ccccc1SCc1cc2c(cc1Br)OCO2. The zero-order valence-electron chi connectivity index (χ0n) is 9.86. The smallest absolute Gasteiger partial charge is 0.231 e. The van der Waals surface area contributed by atoms with Crippen LogP contribution in [0.15, 0.2) is 45.8 Å². The normalized spacial score (nSPS) is 12.7. The summed E-state index contributed by atoms with van der Waals surface area (Å²) in [6.45, 7) is 0.295. The van der Waals surface area contributed by atoms with E-state index in [0.717, 1.165) is 37.2 Å². The van der Waals surface area contributed by atoms with Gasteiger partial charge in [0.25, 0.3) is 0 Å². The minimum atomic E-state index is 0.295. The minimum Gasteiger partial charge on any atom is -0.454 e. The Hall–Kier alpha value is -0.840. The van der Waals surface area contributed by atoms with Crippen LogP contribution in [0, 0.1) is 0 Å². The molecule has 1 aliphatic rings. The Bertz CT molecular complexity index is 618. The first-order valence-corrected chi connectivity index (χ1v) is 7.85. The van der Waals surface area contributed by atoms with Crippen molar-refractivity contribution in [3.8, 4) is 11.5 Å². The Morgan fingerprint density at radius 2 is 1.89 bits per heavy atom. The molecule has 0 unspecified atom stereocenters. The molecule has 0 N–H and O–H groups in total. The molecular weight excluding hydrogens is 348 g/mol. The van der Waals surface area contributed by atoms with Gasteiger partial charge < -0.3 is 9.47 Å². The number of hydrogen-bond acceptors (Lipinski definition) is 3. The van der Waals surface area contributed by atoms with E-state index in [9.17, 15) is 0 Å². The van der Waals surface area contributed by atoms with Crippen molar-refractivity contribution < 1.29 is 9.47 Å². The van der Waals surface area contributed by atoms with Crippen LogP contribution in [0.4, 0.5) is 0 Å². The number of thioether (sulfide) groups is 1. The van der Waals surface area contributed by atoms with Crippen LogP contribution < -0.4 is 9.47 Å². The van der Waals surface area contributed by atoms with E-state index in [1.807, 2.05) is 36.4 Å². The fraction of sp³-hybridized carbons (Fsp3) is 0.143. The maximum absolute atomic E-state index is 6.15. The molecule has 0 amide bonds. The van der Waals surface area contributed by atoms with Crippen LogP contribution in [-0.4, -0.2) is 6.79 Å². The van der Waals surface area contributed by atoms with Gasteiger partial charge in [0, 0.05) is 15.1 Å². The molecule has 0 fully saturated rings. The van der Waals surface area contributed by atoms with E-state index in [1.165, 1.54) is 0 Å². The summed E-state index contributed by atoms with van der Waals surface area (Å²) >= 11 is 11.4. The molecule has 19 heavy (non-hydrogen) atoms. The molecule has 2 aromatic carbocycles. The molecule has 0 aliphatic carbocycles. The predicted molar refractivity (Wildman–Crippen MR) is 81.3 cm³/mol. The average Bonchev–Trinajstić information content (AvgIpc) is 2.84. The van der Waals surface area contributed by atoms with Gasteiger partial charge in [-0.2, -0.15) is 0 Å². The van der Waals surface area contributed by atoms with E-state index >= 15 is 0 Å². The van der Waals surface area contributed by atoms with E-state index in [1.54, 1.807) is 11.8 Å². The summed E-state index contributed by atoms with van der Waals surface area (Å²) in [5.74, 6) is 2.41. The summed E-state index contributed by atoms with van der Waals surface area (Å²) in [5, 5.41) is 0.782. The maximum atomic E-state index is 6.15. The van der Waals surface area contributed by atoms with Crippen LogP contribution in [0.5, 0.6) is 11.5 Å². The lowest BCUT2D eigenvalue weighted by Gasteiger charge is -2.07. The van der Waals surface area contributed by atoms with Crippen molar-refractivity contribution in [2.45, 2.75) is 10.6 Å². The molecule has 3 rings (SSSR count). The number of hydrogen-bond donors (Lipinski definition) is 0. The molecule has 1 aliphatic heterocycles. The second kappa shape index (κ2) is 5.65. The third kappa shape index (κ3) is 2.86. The lowest BCUT2D eigenvalue weighted by Crippen LogP contribution is -1.92. The fourth-order valence-corrected chi connectivity index (χ4v) is 3.67. The van der Waals surface area contributed by atoms with Gasteiger partial charge in [-0.05, 0) is 29.8 Å². The fourth-order valence-electron chi connectivity index (χ4n) is 1.79. The average molecular weight is 358 g/mol. The Morgan fingerprint density at radius 3 is 2.68 bits per heavy atom. The number of halogens is 2. The monoisotopic (exact) mass is 356 g/mol. The summed E-state index contributed by atoms with van der Waals surface area (Å²) in [5.41, 5.74) is 1.16. The van der Waals surface area contributed by atoms with Gasteiger partial charge in [-0.1, -0.05) is 39.7 Å². The van der Waals surface area contributed by atoms with Gasteiger partial charge in [-0.15, -0.1) is 11.8 Å². The van der Waals surface area contributed by atoms with Gasteiger partial charge in [0.15, 0.2) is 11.5 Å². The van der Waals surface area contributed by atoms with Crippen molar-refractivity contribution in [3.63, 3.8) is 0 Å². The van der Waals surface area contributed by atoms with Gasteiger partial charge in [-0.25, -0.2) is 0 Å². The molecule has 5 heteroatoms. The molecule has 0 saturated heterocycles. The molecule has 0 bridgehead atoms. The molecule has 2 nitrogen and oxygen atoms in total. The lowest BCUT2D eigenvalue weighted by molar-refractivity contribution is 0.174. The van der Waals surface area contributed by atoms with Crippen molar-refractivity contribution in [1.82, 2.24) is 0 Å². The van der Waals surface area contributed by atoms with Crippen molar-refractivity contribution >= 4 is 39.3 Å². The van der Waals surface area contributed by atoms with Gasteiger partial charge in [-0.3, -0.25) is 0 Å². The minimum absolute atomic E-state index is 0.295. The predicted octanol–water partition coefficient (Wildman–Crippen LogP) is 5.12. The van der Waals surface area contributed by atoms with E-state index in [4.69, 9.17) is 21.1 Å². The van der Waals surface area contributed by atoms with E-state index in [-0.39, 0.29) is 0 Å². The van der Waals surface area contributed by atoms with Crippen LogP contribution in [0.25, 0.3) is 0 Å². The van der Waals surface area contributed by atoms with Crippen LogP contribution in [-0.2, 0) is 5.75 Å². The second-order valence-corrected chi connectivity index (χ2v) is 6.29. The van der Waals surface area contributed by atoms with Gasteiger partial charge in [0.1, 0.15) is 0 Å². The largest absolute Gasteiger partial charge is 0.454 e. The topological polar surface area (TPSA) is 18.5 Å². The van der Waals surface area contributed by atoms with Crippen LogP contribution in [0.3, 0.4) is 0 Å². The van der Waals surface area contributed by atoms with Crippen LogP contribution >= 0.6 is 39.3 Å². The van der Waals surface area contributed by atoms with Gasteiger partial charge in [0.2, 0.25) is 6.79 Å². The third-order valence-electron chi connectivity index (χ3n) is 2.76. The highest BCUT2D eigenvalue weighted by Crippen LogP contribution is 2.39. The Morgan fingerprint density at radius 1 is 1.16 bits per heavy atom. The number of benzene rings is 2. The quantitative estimate of drug-likeness (QED) is 0.710. The maximum Gasteiger partial charge on any atom is 0.231 e. The summed E-state index contributed by atoms with van der Waals surface area (Å²) in [6, 6.07) is 11.8. The molecule has 1 heterocycles. The summed E-state index contributed by atoms with van der Waals surface area (Å²) in [7, 11) is 0. The van der Waals surface area contributed by atoms with Gasteiger partial charge >= 0.3 is 0 Å². The van der Waals surface area contributed by atoms with Crippen molar-refractivity contribution in [3.05, 3.63) is 51.5 Å². The van der Waals surface area contributed by atoms with Gasteiger partial charge in [0.05, 0.1) is 5.02 Å². The highest BCUT2D eigenvalue weighted by atomic mass is 79.9. The zero-order valence-corrected chi connectivity index (χ0v) is 13.0. The molecule has 0 radical (unpaired) electrons. The number of fused-ring (bicyclic) bond motifs is 1. The lowest BCUT2D eigenvalue weighted by atomic mass is 10.2. The van der Waals surface area contributed by atoms with E-state index in [0.29, 0.717) is 6.79 Å². The highest BCUT2D eigenvalue weighted by Gasteiger charge is 2.16. The molecular formula is C14H10BrClO2S. The third-order valence-corrected chi connectivity index (χ3v) is 5.06. The molecule has 2 aromatic rings. The van der Waals surface area contributed by atoms with Crippen LogP contribution in [0.1, 0.15) is 5.56 Å². The molecule has 0 saturated carbocycles. The Labute approximate surface area is 129 Å². The summed E-state index contributed by atoms with van der Waals surface area (Å²) in [4.78, 5) is 1.08. The molecule has 0 spiro atoms. The first kappa shape index (κ1) is 13.2. The van der Waals surface area contributed by atoms with Crippen molar-refractivity contribution in [2.75, 3.05) is 6.79 Å². The summed E-state index contributed by atoms with van der Waals surface area (Å²) < 4.78 is 11.8. The zero-order chi connectivity index (χ0) is 13.2. The van der Waals surface area contributed by atoms with Crippen molar-refractivity contribution in [1.29, 1.82) is 0 Å². The second-order valence-electron chi connectivity index (χ2n) is 4.02. The Balaban J connectivity index is 1.79. The Kier molecular flexibility index (Phi) is 3.91. The summed E-state index contributed by atoms with van der Waals surface area (Å²) in [6.07, 6.45) is 0. The number of rotatable bonds is 3. The van der Waals surface area contributed by atoms with E-state index < -0.39 is 0 Å². The van der Waals surface area contributed by atoms with E-state index in [2.05, 4.69) is 15.9 Å². The first-order chi connectivity index (χ1) is 9.24. The molecule has 98 valence electrons. The van der Waals surface area contributed by atoms with Crippen LogP contribution in [0.2, 0.25) is 5.02 Å². The first-order valence-electron chi connectivity index (χ1n) is 5.69. The highest BCUT2D eigenvalue weighted by molar-refractivity contribution is 9.10. The molecule has 0 aromatic heterocycles.